The summed E-state index contributed by atoms with van der Waals surface area (Å²) >= 11 is 0. The van der Waals surface area contributed by atoms with Crippen molar-refractivity contribution in [3.05, 3.63) is 35.9 Å². The number of hydrogen-bond acceptors (Lipinski definition) is 1. The number of benzene rings is 1. The lowest BCUT2D eigenvalue weighted by Gasteiger charge is -2.11. The van der Waals surface area contributed by atoms with Crippen LogP contribution in [0.15, 0.2) is 24.3 Å². The summed E-state index contributed by atoms with van der Waals surface area (Å²) in [5.74, 6) is 0. The van der Waals surface area contributed by atoms with Crippen molar-refractivity contribution >= 4 is 11.8 Å². The minimum absolute atomic E-state index is 0.968. The molecule has 1 radical (unpaired) electrons. The van der Waals surface area contributed by atoms with E-state index in [0.29, 0.717) is 0 Å². The fourth-order valence-corrected chi connectivity index (χ4v) is 1.09. The lowest BCUT2D eigenvalue weighted by Crippen LogP contribution is -2.07. The molecule has 13 heavy (non-hydrogen) atoms. The lowest BCUT2D eigenvalue weighted by molar-refractivity contribution is 1.13. The van der Waals surface area contributed by atoms with E-state index in [1.807, 2.05) is 20.2 Å². The zero-order valence-corrected chi connectivity index (χ0v) is 8.54. The van der Waals surface area contributed by atoms with Crippen molar-refractivity contribution < 1.29 is 0 Å². The van der Waals surface area contributed by atoms with Crippen molar-refractivity contribution in [2.24, 2.45) is 0 Å². The number of rotatable bonds is 3. The van der Waals surface area contributed by atoms with Gasteiger partial charge in [0, 0.05) is 19.8 Å². The Morgan fingerprint density at radius 1 is 1.23 bits per heavy atom. The Labute approximate surface area is 80.7 Å². The number of anilines is 1. The molecule has 0 unspecified atom stereocenters. The molecule has 0 N–H and O–H groups in total. The third-order valence-corrected chi connectivity index (χ3v) is 1.88. The molecule has 1 nitrogen and oxygen atoms in total. The first-order chi connectivity index (χ1) is 6.24. The molecule has 1 rings (SSSR count). The van der Waals surface area contributed by atoms with Crippen LogP contribution in [-0.4, -0.2) is 14.1 Å². The predicted molar refractivity (Wildman–Crippen MR) is 58.8 cm³/mol. The van der Waals surface area contributed by atoms with E-state index >= 15 is 0 Å². The monoisotopic (exact) mass is 174 g/mol. The highest BCUT2D eigenvalue weighted by Gasteiger charge is 1.92. The van der Waals surface area contributed by atoms with Gasteiger partial charge in [0.2, 0.25) is 0 Å². The Balaban J connectivity index is 2.75. The molecule has 0 aliphatic carbocycles. The molecule has 1 heteroatoms. The molecule has 0 bridgehead atoms. The average molecular weight is 174 g/mol. The second-order valence-electron chi connectivity index (χ2n) is 3.19. The molecule has 1 aromatic rings. The largest absolute Gasteiger partial charge is 0.378 e. The summed E-state index contributed by atoms with van der Waals surface area (Å²) in [4.78, 5) is 2.09. The molecule has 0 amide bonds. The van der Waals surface area contributed by atoms with Gasteiger partial charge in [-0.15, -0.1) is 0 Å². The first-order valence-electron chi connectivity index (χ1n) is 4.58. The SMILES string of the molecule is CC[C]=Cc1ccc(N(C)C)cc1. The summed E-state index contributed by atoms with van der Waals surface area (Å²) < 4.78 is 0. The summed E-state index contributed by atoms with van der Waals surface area (Å²) in [6.07, 6.45) is 6.17. The molecular formula is C12H16N. The Hall–Kier alpha value is -1.24. The maximum atomic E-state index is 3.17. The second kappa shape index (κ2) is 4.70. The third-order valence-electron chi connectivity index (χ3n) is 1.88. The predicted octanol–water partition coefficient (Wildman–Crippen LogP) is 2.98. The van der Waals surface area contributed by atoms with E-state index in [0.717, 1.165) is 6.42 Å². The molecule has 1 aromatic carbocycles. The van der Waals surface area contributed by atoms with Gasteiger partial charge < -0.3 is 4.90 Å². The fraction of sp³-hybridized carbons (Fsp3) is 0.333. The highest BCUT2D eigenvalue weighted by molar-refractivity contribution is 5.54. The summed E-state index contributed by atoms with van der Waals surface area (Å²) in [6, 6.07) is 8.45. The van der Waals surface area contributed by atoms with Crippen LogP contribution >= 0.6 is 0 Å². The van der Waals surface area contributed by atoms with Crippen LogP contribution in [0, 0.1) is 6.08 Å². The number of nitrogens with zero attached hydrogens (tertiary/aromatic N) is 1. The molecule has 0 fully saturated rings. The van der Waals surface area contributed by atoms with Crippen molar-refractivity contribution in [1.29, 1.82) is 0 Å². The molecular weight excluding hydrogens is 158 g/mol. The van der Waals surface area contributed by atoms with Gasteiger partial charge in [-0.2, -0.15) is 0 Å². The van der Waals surface area contributed by atoms with Crippen molar-refractivity contribution in [3.63, 3.8) is 0 Å². The second-order valence-corrected chi connectivity index (χ2v) is 3.19. The van der Waals surface area contributed by atoms with E-state index in [4.69, 9.17) is 0 Å². The maximum absolute atomic E-state index is 3.17. The van der Waals surface area contributed by atoms with Gasteiger partial charge in [-0.25, -0.2) is 0 Å². The van der Waals surface area contributed by atoms with E-state index in [9.17, 15) is 0 Å². The first-order valence-corrected chi connectivity index (χ1v) is 4.58. The van der Waals surface area contributed by atoms with Gasteiger partial charge >= 0.3 is 0 Å². The normalized spacial score (nSPS) is 10.7. The van der Waals surface area contributed by atoms with Gasteiger partial charge in [0.15, 0.2) is 0 Å². The highest BCUT2D eigenvalue weighted by atomic mass is 15.1. The van der Waals surface area contributed by atoms with Gasteiger partial charge in [-0.1, -0.05) is 25.1 Å². The quantitative estimate of drug-likeness (QED) is 0.681. The highest BCUT2D eigenvalue weighted by Crippen LogP contribution is 2.12. The summed E-state index contributed by atoms with van der Waals surface area (Å²) in [6.45, 7) is 2.09. The van der Waals surface area contributed by atoms with Gasteiger partial charge in [-0.05, 0) is 30.2 Å². The van der Waals surface area contributed by atoms with Gasteiger partial charge in [0.1, 0.15) is 0 Å². The van der Waals surface area contributed by atoms with E-state index in [-0.39, 0.29) is 0 Å². The van der Waals surface area contributed by atoms with Crippen LogP contribution in [0.4, 0.5) is 5.69 Å². The van der Waals surface area contributed by atoms with Crippen LogP contribution in [-0.2, 0) is 0 Å². The smallest absolute Gasteiger partial charge is 0.0361 e. The van der Waals surface area contributed by atoms with Crippen LogP contribution < -0.4 is 4.90 Å². The van der Waals surface area contributed by atoms with Gasteiger partial charge in [-0.3, -0.25) is 0 Å². The van der Waals surface area contributed by atoms with E-state index < -0.39 is 0 Å². The van der Waals surface area contributed by atoms with Crippen molar-refractivity contribution in [1.82, 2.24) is 0 Å². The van der Waals surface area contributed by atoms with E-state index in [1.165, 1.54) is 11.3 Å². The van der Waals surface area contributed by atoms with Crippen molar-refractivity contribution in [3.8, 4) is 0 Å². The minimum atomic E-state index is 0.968. The molecule has 0 saturated carbocycles. The van der Waals surface area contributed by atoms with Gasteiger partial charge in [0.25, 0.3) is 0 Å². The molecule has 0 aromatic heterocycles. The van der Waals surface area contributed by atoms with Crippen LogP contribution in [0.1, 0.15) is 18.9 Å². The minimum Gasteiger partial charge on any atom is -0.378 e. The zero-order valence-electron chi connectivity index (χ0n) is 8.54. The molecule has 0 saturated heterocycles. The zero-order chi connectivity index (χ0) is 9.68. The van der Waals surface area contributed by atoms with Crippen LogP contribution in [0.3, 0.4) is 0 Å². The summed E-state index contributed by atoms with van der Waals surface area (Å²) in [7, 11) is 4.09. The molecule has 0 heterocycles. The van der Waals surface area contributed by atoms with Crippen molar-refractivity contribution in [2.75, 3.05) is 19.0 Å². The van der Waals surface area contributed by atoms with E-state index in [1.54, 1.807) is 0 Å². The number of allylic oxidation sites excluding steroid dienone is 1. The summed E-state index contributed by atoms with van der Waals surface area (Å²) in [5.41, 5.74) is 2.45. The Morgan fingerprint density at radius 2 is 1.85 bits per heavy atom. The lowest BCUT2D eigenvalue weighted by atomic mass is 10.2. The van der Waals surface area contributed by atoms with Crippen LogP contribution in [0.25, 0.3) is 6.08 Å². The summed E-state index contributed by atoms with van der Waals surface area (Å²) in [5, 5.41) is 0. The van der Waals surface area contributed by atoms with Crippen LogP contribution in [0.2, 0.25) is 0 Å². The first kappa shape index (κ1) is 9.85. The topological polar surface area (TPSA) is 3.24 Å². The standard InChI is InChI=1S/C12H16N/c1-4-5-6-11-7-9-12(10-8-11)13(2)3/h6-10H,4H2,1-3H3. The van der Waals surface area contributed by atoms with Gasteiger partial charge in [0.05, 0.1) is 0 Å². The maximum Gasteiger partial charge on any atom is 0.0361 e. The van der Waals surface area contributed by atoms with Crippen molar-refractivity contribution in [2.45, 2.75) is 13.3 Å². The Bertz CT molecular complexity index is 270. The molecule has 0 atom stereocenters. The molecule has 0 spiro atoms. The third kappa shape index (κ3) is 2.94. The molecule has 69 valence electrons. The molecule has 0 aliphatic heterocycles. The Morgan fingerprint density at radius 3 is 2.31 bits per heavy atom. The van der Waals surface area contributed by atoms with Crippen LogP contribution in [0.5, 0.6) is 0 Å². The fourth-order valence-electron chi connectivity index (χ4n) is 1.09. The van der Waals surface area contributed by atoms with E-state index in [2.05, 4.69) is 42.2 Å². The average Bonchev–Trinajstić information content (AvgIpc) is 2.15. The molecule has 0 aliphatic rings. The Kier molecular flexibility index (Phi) is 3.56. The number of hydrogen-bond donors (Lipinski definition) is 0.